The molecule has 1 aromatic heterocycles. The van der Waals surface area contributed by atoms with Crippen molar-refractivity contribution in [3.05, 3.63) is 30.1 Å². The topological polar surface area (TPSA) is 48.5 Å². The second kappa shape index (κ2) is 10.4. The minimum absolute atomic E-state index is 0.166. The molecule has 2 fully saturated rings. The van der Waals surface area contributed by atoms with Crippen molar-refractivity contribution in [1.82, 2.24) is 20.1 Å². The fraction of sp³-hybridized carbons (Fsp3) is 0.739. The van der Waals surface area contributed by atoms with Gasteiger partial charge in [0.2, 0.25) is 5.91 Å². The van der Waals surface area contributed by atoms with Crippen LogP contribution in [0.4, 0.5) is 0 Å². The molecule has 0 bridgehead atoms. The first kappa shape index (κ1) is 21.3. The van der Waals surface area contributed by atoms with Crippen molar-refractivity contribution in [3.63, 3.8) is 0 Å². The maximum Gasteiger partial charge on any atom is 0.223 e. The molecular formula is C23H38N4O. The van der Waals surface area contributed by atoms with E-state index in [2.05, 4.69) is 40.9 Å². The van der Waals surface area contributed by atoms with E-state index in [1.165, 1.54) is 32.4 Å². The monoisotopic (exact) mass is 386 g/mol. The predicted molar refractivity (Wildman–Crippen MR) is 114 cm³/mol. The lowest BCUT2D eigenvalue weighted by molar-refractivity contribution is -0.126. The van der Waals surface area contributed by atoms with Gasteiger partial charge >= 0.3 is 0 Å². The van der Waals surface area contributed by atoms with Gasteiger partial charge in [0.1, 0.15) is 0 Å². The zero-order valence-electron chi connectivity index (χ0n) is 17.9. The molecule has 1 atom stereocenters. The number of carbonyl (C=O) groups excluding carboxylic acids is 1. The molecule has 2 saturated heterocycles. The Morgan fingerprint density at radius 2 is 1.86 bits per heavy atom. The summed E-state index contributed by atoms with van der Waals surface area (Å²) in [6, 6.07) is 5.33. The number of nitrogens with one attached hydrogen (secondary N) is 1. The Bertz CT molecular complexity index is 590. The Morgan fingerprint density at radius 3 is 2.46 bits per heavy atom. The minimum atomic E-state index is 0.166. The lowest BCUT2D eigenvalue weighted by Gasteiger charge is -2.43. The first-order chi connectivity index (χ1) is 13.5. The SMILES string of the molecule is CC(C)C[C@@H](C)N1CCC(N2CCC(C(=O)NCc3cccnc3)CC2)CC1. The molecule has 0 saturated carbocycles. The van der Waals surface area contributed by atoms with Crippen LogP contribution in [0.1, 0.15) is 58.4 Å². The molecule has 0 aromatic carbocycles. The summed E-state index contributed by atoms with van der Waals surface area (Å²) >= 11 is 0. The van der Waals surface area contributed by atoms with Gasteiger partial charge in [-0.05, 0) is 82.8 Å². The van der Waals surface area contributed by atoms with Crippen LogP contribution in [0.2, 0.25) is 0 Å². The van der Waals surface area contributed by atoms with Crippen LogP contribution in [0, 0.1) is 11.8 Å². The molecule has 1 aromatic rings. The van der Waals surface area contributed by atoms with Crippen LogP contribution in [0.15, 0.2) is 24.5 Å². The van der Waals surface area contributed by atoms with Crippen LogP contribution in [-0.2, 0) is 11.3 Å². The van der Waals surface area contributed by atoms with Gasteiger partial charge in [0.25, 0.3) is 0 Å². The normalized spacial score (nSPS) is 21.7. The van der Waals surface area contributed by atoms with Crippen LogP contribution in [0.3, 0.4) is 0 Å². The molecule has 2 aliphatic heterocycles. The third-order valence-electron chi connectivity index (χ3n) is 6.54. The highest BCUT2D eigenvalue weighted by Gasteiger charge is 2.31. The Hall–Kier alpha value is -1.46. The summed E-state index contributed by atoms with van der Waals surface area (Å²) in [5, 5.41) is 3.09. The van der Waals surface area contributed by atoms with Crippen LogP contribution in [-0.4, -0.2) is 59.0 Å². The third kappa shape index (κ3) is 6.02. The maximum atomic E-state index is 12.5. The highest BCUT2D eigenvalue weighted by molar-refractivity contribution is 5.78. The summed E-state index contributed by atoms with van der Waals surface area (Å²) < 4.78 is 0. The second-order valence-corrected chi connectivity index (χ2v) is 9.14. The minimum Gasteiger partial charge on any atom is -0.352 e. The van der Waals surface area contributed by atoms with Gasteiger partial charge in [-0.2, -0.15) is 0 Å². The molecule has 1 N–H and O–H groups in total. The van der Waals surface area contributed by atoms with E-state index >= 15 is 0 Å². The lowest BCUT2D eigenvalue weighted by Crippen LogP contribution is -2.50. The van der Waals surface area contributed by atoms with Crippen molar-refractivity contribution in [2.24, 2.45) is 11.8 Å². The largest absolute Gasteiger partial charge is 0.352 e. The number of nitrogens with zero attached hydrogens (tertiary/aromatic N) is 3. The summed E-state index contributed by atoms with van der Waals surface area (Å²) in [6.07, 6.45) is 9.41. The van der Waals surface area contributed by atoms with E-state index in [4.69, 9.17) is 0 Å². The van der Waals surface area contributed by atoms with E-state index < -0.39 is 0 Å². The number of amides is 1. The van der Waals surface area contributed by atoms with Gasteiger partial charge in [-0.3, -0.25) is 9.78 Å². The summed E-state index contributed by atoms with van der Waals surface area (Å²) in [4.78, 5) is 21.9. The van der Waals surface area contributed by atoms with Gasteiger partial charge in [-0.15, -0.1) is 0 Å². The fourth-order valence-electron chi connectivity index (χ4n) is 4.89. The number of aromatic nitrogens is 1. The number of piperidine rings is 2. The van der Waals surface area contributed by atoms with Crippen LogP contribution >= 0.6 is 0 Å². The Morgan fingerprint density at radius 1 is 1.14 bits per heavy atom. The molecular weight excluding hydrogens is 348 g/mol. The summed E-state index contributed by atoms with van der Waals surface area (Å²) in [6.45, 7) is 12.2. The van der Waals surface area contributed by atoms with E-state index in [0.29, 0.717) is 18.6 Å². The van der Waals surface area contributed by atoms with Crippen molar-refractivity contribution in [3.8, 4) is 0 Å². The fourth-order valence-corrected chi connectivity index (χ4v) is 4.89. The Kier molecular flexibility index (Phi) is 7.86. The van der Waals surface area contributed by atoms with E-state index in [1.54, 1.807) is 6.20 Å². The average molecular weight is 387 g/mol. The smallest absolute Gasteiger partial charge is 0.223 e. The van der Waals surface area contributed by atoms with Crippen molar-refractivity contribution in [2.75, 3.05) is 26.2 Å². The molecule has 0 radical (unpaired) electrons. The van der Waals surface area contributed by atoms with Crippen LogP contribution in [0.25, 0.3) is 0 Å². The molecule has 156 valence electrons. The zero-order chi connectivity index (χ0) is 19.9. The van der Waals surface area contributed by atoms with Gasteiger partial charge in [0, 0.05) is 36.9 Å². The highest BCUT2D eigenvalue weighted by atomic mass is 16.1. The molecule has 3 heterocycles. The second-order valence-electron chi connectivity index (χ2n) is 9.14. The van der Waals surface area contributed by atoms with Crippen molar-refractivity contribution < 1.29 is 4.79 Å². The predicted octanol–water partition coefficient (Wildman–Crippen LogP) is 3.31. The number of rotatable bonds is 7. The Labute approximate surface area is 170 Å². The quantitative estimate of drug-likeness (QED) is 0.781. The molecule has 0 spiro atoms. The summed E-state index contributed by atoms with van der Waals surface area (Å²) in [5.41, 5.74) is 1.06. The first-order valence-electron chi connectivity index (χ1n) is 11.2. The molecule has 5 nitrogen and oxygen atoms in total. The van der Waals surface area contributed by atoms with Crippen LogP contribution in [0.5, 0.6) is 0 Å². The van der Waals surface area contributed by atoms with Gasteiger partial charge < -0.3 is 15.1 Å². The Balaban J connectivity index is 1.37. The molecule has 3 rings (SSSR count). The number of hydrogen-bond donors (Lipinski definition) is 1. The van der Waals surface area contributed by atoms with Gasteiger partial charge in [0.05, 0.1) is 0 Å². The third-order valence-corrected chi connectivity index (χ3v) is 6.54. The van der Waals surface area contributed by atoms with E-state index in [0.717, 1.165) is 37.4 Å². The lowest BCUT2D eigenvalue weighted by atomic mass is 9.92. The number of likely N-dealkylation sites (tertiary alicyclic amines) is 2. The van der Waals surface area contributed by atoms with Gasteiger partial charge in [0.15, 0.2) is 0 Å². The maximum absolute atomic E-state index is 12.5. The molecule has 0 aliphatic carbocycles. The summed E-state index contributed by atoms with van der Waals surface area (Å²) in [5.74, 6) is 1.15. The molecule has 0 unspecified atom stereocenters. The van der Waals surface area contributed by atoms with Crippen LogP contribution < -0.4 is 5.32 Å². The first-order valence-corrected chi connectivity index (χ1v) is 11.2. The van der Waals surface area contributed by atoms with Gasteiger partial charge in [-0.1, -0.05) is 19.9 Å². The average Bonchev–Trinajstić information content (AvgIpc) is 2.72. The van der Waals surface area contributed by atoms with E-state index in [9.17, 15) is 4.79 Å². The number of carbonyl (C=O) groups is 1. The highest BCUT2D eigenvalue weighted by Crippen LogP contribution is 2.25. The molecule has 28 heavy (non-hydrogen) atoms. The molecule has 5 heteroatoms. The van der Waals surface area contributed by atoms with Gasteiger partial charge in [-0.25, -0.2) is 0 Å². The standard InChI is InChI=1S/C23H38N4O/c1-18(2)15-19(3)26-13-8-22(9-14-26)27-11-6-21(7-12-27)23(28)25-17-20-5-4-10-24-16-20/h4-5,10,16,18-19,21-22H,6-9,11-15,17H2,1-3H3,(H,25,28)/t19-/m1/s1. The van der Waals surface area contributed by atoms with Crippen molar-refractivity contribution in [2.45, 2.75) is 71.5 Å². The van der Waals surface area contributed by atoms with Crippen molar-refractivity contribution in [1.29, 1.82) is 0 Å². The van der Waals surface area contributed by atoms with E-state index in [1.807, 2.05) is 18.3 Å². The summed E-state index contributed by atoms with van der Waals surface area (Å²) in [7, 11) is 0. The zero-order valence-corrected chi connectivity index (χ0v) is 17.9. The molecule has 2 aliphatic rings. The number of hydrogen-bond acceptors (Lipinski definition) is 4. The van der Waals surface area contributed by atoms with Crippen molar-refractivity contribution >= 4 is 5.91 Å². The van der Waals surface area contributed by atoms with E-state index in [-0.39, 0.29) is 11.8 Å². The molecule has 1 amide bonds. The number of pyridine rings is 1.